The summed E-state index contributed by atoms with van der Waals surface area (Å²) in [5.41, 5.74) is 2.05. The number of ether oxygens (including phenoxy) is 1. The molecule has 0 aliphatic rings. The normalized spacial score (nSPS) is 11.7. The minimum Gasteiger partial charge on any atom is -0.495 e. The second-order valence-corrected chi connectivity index (χ2v) is 9.42. The van der Waals surface area contributed by atoms with Gasteiger partial charge in [0.15, 0.2) is 11.4 Å². The summed E-state index contributed by atoms with van der Waals surface area (Å²) < 4.78 is 33.3. The van der Waals surface area contributed by atoms with Crippen LogP contribution in [0.2, 0.25) is 0 Å². The topological polar surface area (TPSA) is 159 Å². The molecular weight excluding hydrogens is 474 g/mol. The Hall–Kier alpha value is -4.45. The van der Waals surface area contributed by atoms with Crippen LogP contribution in [0.5, 0.6) is 11.6 Å². The number of anilines is 1. The summed E-state index contributed by atoms with van der Waals surface area (Å²) in [5, 5.41) is 30.6. The molecule has 3 N–H and O–H groups in total. The van der Waals surface area contributed by atoms with Gasteiger partial charge < -0.3 is 14.8 Å². The highest BCUT2D eigenvalue weighted by molar-refractivity contribution is 7.92. The minimum atomic E-state index is -4.17. The number of aromatic hydroxyl groups is 1. The number of hydrogen-bond acceptors (Lipinski definition) is 8. The van der Waals surface area contributed by atoms with Gasteiger partial charge >= 0.3 is 0 Å². The number of nitrogens with zero attached hydrogens (tertiary/aromatic N) is 3. The monoisotopic (exact) mass is 495 g/mol. The predicted octanol–water partition coefficient (Wildman–Crippen LogP) is 5.62. The van der Waals surface area contributed by atoms with Crippen molar-refractivity contribution in [1.82, 2.24) is 4.98 Å². The molecule has 0 radical (unpaired) electrons. The number of nitro groups is 1. The Morgan fingerprint density at radius 1 is 1.09 bits per heavy atom. The molecule has 0 aliphatic carbocycles. The van der Waals surface area contributed by atoms with Crippen molar-refractivity contribution in [3.63, 3.8) is 0 Å². The number of nitro benzene ring substituents is 1. The van der Waals surface area contributed by atoms with Gasteiger partial charge in [-0.25, -0.2) is 8.42 Å². The summed E-state index contributed by atoms with van der Waals surface area (Å²) in [7, 11) is -2.78. The fourth-order valence-corrected chi connectivity index (χ4v) is 4.75. The average Bonchev–Trinajstić information content (AvgIpc) is 3.12. The Bertz CT molecular complexity index is 1590. The summed E-state index contributed by atoms with van der Waals surface area (Å²) in [4.78, 5) is 13.4. The lowest BCUT2D eigenvalue weighted by Gasteiger charge is -2.11. The number of aryl methyl sites for hydroxylation is 2. The molecule has 180 valence electrons. The molecule has 0 saturated heterocycles. The van der Waals surface area contributed by atoms with Gasteiger partial charge in [0.2, 0.25) is 5.88 Å². The molecule has 4 rings (SSSR count). The van der Waals surface area contributed by atoms with Crippen molar-refractivity contribution >= 4 is 43.7 Å². The van der Waals surface area contributed by atoms with E-state index >= 15 is 0 Å². The Morgan fingerprint density at radius 2 is 1.83 bits per heavy atom. The second-order valence-electron chi connectivity index (χ2n) is 7.74. The van der Waals surface area contributed by atoms with E-state index in [1.165, 1.54) is 25.3 Å². The minimum absolute atomic E-state index is 0.121. The summed E-state index contributed by atoms with van der Waals surface area (Å²) in [5.74, 6) is 0.0558. The number of hydrogen-bond donors (Lipinski definition) is 3. The number of H-pyrrole nitrogens is 1. The zero-order chi connectivity index (χ0) is 25.3. The largest absolute Gasteiger partial charge is 0.495 e. The number of para-hydroxylation sites is 2. The molecule has 35 heavy (non-hydrogen) atoms. The van der Waals surface area contributed by atoms with Crippen LogP contribution in [-0.4, -0.2) is 30.5 Å². The van der Waals surface area contributed by atoms with Crippen LogP contribution in [0.15, 0.2) is 69.7 Å². The van der Waals surface area contributed by atoms with E-state index in [2.05, 4.69) is 19.9 Å². The second kappa shape index (κ2) is 9.06. The van der Waals surface area contributed by atoms with Crippen LogP contribution in [-0.2, 0) is 10.0 Å². The molecule has 0 bridgehead atoms. The van der Waals surface area contributed by atoms with E-state index < -0.39 is 20.6 Å². The Labute approximate surface area is 200 Å². The van der Waals surface area contributed by atoms with Gasteiger partial charge in [-0.3, -0.25) is 14.8 Å². The first-order chi connectivity index (χ1) is 16.6. The van der Waals surface area contributed by atoms with E-state index in [0.29, 0.717) is 16.7 Å². The third kappa shape index (κ3) is 4.64. The van der Waals surface area contributed by atoms with Gasteiger partial charge in [-0.1, -0.05) is 23.8 Å². The molecule has 11 nitrogen and oxygen atoms in total. The van der Waals surface area contributed by atoms with Crippen molar-refractivity contribution in [1.29, 1.82) is 0 Å². The summed E-state index contributed by atoms with van der Waals surface area (Å²) in [6.07, 6.45) is 0. The Kier molecular flexibility index (Phi) is 6.14. The smallest absolute Gasteiger partial charge is 0.298 e. The zero-order valence-electron chi connectivity index (χ0n) is 18.9. The third-order valence-corrected chi connectivity index (χ3v) is 6.63. The van der Waals surface area contributed by atoms with Crippen LogP contribution in [0.1, 0.15) is 11.1 Å². The van der Waals surface area contributed by atoms with Gasteiger partial charge in [-0.2, -0.15) is 0 Å². The van der Waals surface area contributed by atoms with Crippen LogP contribution in [0.25, 0.3) is 10.9 Å². The molecular formula is C23H21N5O6S. The molecule has 0 saturated carbocycles. The maximum Gasteiger partial charge on any atom is 0.298 e. The van der Waals surface area contributed by atoms with Gasteiger partial charge in [-0.05, 0) is 49.7 Å². The third-order valence-electron chi connectivity index (χ3n) is 5.27. The Morgan fingerprint density at radius 3 is 2.54 bits per heavy atom. The van der Waals surface area contributed by atoms with Crippen LogP contribution in [0.3, 0.4) is 0 Å². The van der Waals surface area contributed by atoms with Crippen molar-refractivity contribution in [2.45, 2.75) is 18.7 Å². The van der Waals surface area contributed by atoms with Crippen LogP contribution in [0, 0.1) is 24.0 Å². The standard InChI is InChI=1S/C23H21N5O6S/c1-13-10-14(2)21-16(11-13)22(23(29)24-21)26-25-17-9-8-15(12-19(17)28(30)31)35(32,33)27-18-6-4-5-7-20(18)34-3/h4-12,24,27,29H,1-3H3. The first kappa shape index (κ1) is 23.7. The zero-order valence-corrected chi connectivity index (χ0v) is 19.8. The number of aromatic nitrogens is 1. The Balaban J connectivity index is 1.72. The first-order valence-corrected chi connectivity index (χ1v) is 11.8. The molecule has 4 aromatic rings. The van der Waals surface area contributed by atoms with Crippen LogP contribution >= 0.6 is 0 Å². The highest BCUT2D eigenvalue weighted by Gasteiger charge is 2.23. The number of rotatable bonds is 7. The van der Waals surface area contributed by atoms with Gasteiger partial charge in [-0.15, -0.1) is 10.2 Å². The summed E-state index contributed by atoms with van der Waals surface area (Å²) in [6.45, 7) is 3.76. The number of fused-ring (bicyclic) bond motifs is 1. The van der Waals surface area contributed by atoms with Crippen molar-refractivity contribution in [2.24, 2.45) is 10.2 Å². The fourth-order valence-electron chi connectivity index (χ4n) is 3.66. The number of nitrogens with one attached hydrogen (secondary N) is 2. The molecule has 12 heteroatoms. The lowest BCUT2D eigenvalue weighted by atomic mass is 10.1. The van der Waals surface area contributed by atoms with E-state index in [-0.39, 0.29) is 27.8 Å². The van der Waals surface area contributed by atoms with Gasteiger partial charge in [0.1, 0.15) is 5.75 Å². The van der Waals surface area contributed by atoms with Gasteiger partial charge in [0.25, 0.3) is 15.7 Å². The maximum absolute atomic E-state index is 12.9. The van der Waals surface area contributed by atoms with E-state index in [1.54, 1.807) is 24.3 Å². The van der Waals surface area contributed by atoms with Gasteiger partial charge in [0, 0.05) is 11.5 Å². The van der Waals surface area contributed by atoms with E-state index in [9.17, 15) is 23.6 Å². The number of azo groups is 1. The molecule has 0 amide bonds. The molecule has 0 aliphatic heterocycles. The molecule has 0 spiro atoms. The quantitative estimate of drug-likeness (QED) is 0.171. The molecule has 0 atom stereocenters. The van der Waals surface area contributed by atoms with Gasteiger partial charge in [0.05, 0.1) is 28.1 Å². The average molecular weight is 496 g/mol. The lowest BCUT2D eigenvalue weighted by molar-refractivity contribution is -0.384. The van der Waals surface area contributed by atoms with Crippen LogP contribution in [0.4, 0.5) is 22.7 Å². The van der Waals surface area contributed by atoms with E-state index in [4.69, 9.17) is 4.74 Å². The van der Waals surface area contributed by atoms with E-state index in [0.717, 1.165) is 17.2 Å². The highest BCUT2D eigenvalue weighted by atomic mass is 32.2. The van der Waals surface area contributed by atoms with Crippen molar-refractivity contribution in [2.75, 3.05) is 11.8 Å². The predicted molar refractivity (Wildman–Crippen MR) is 131 cm³/mol. The molecule has 0 fully saturated rings. The van der Waals surface area contributed by atoms with Crippen molar-refractivity contribution in [3.8, 4) is 11.6 Å². The first-order valence-electron chi connectivity index (χ1n) is 10.3. The molecule has 1 heterocycles. The number of methoxy groups -OCH3 is 1. The molecule has 0 unspecified atom stereocenters. The number of aromatic amines is 1. The van der Waals surface area contributed by atoms with Crippen molar-refractivity contribution in [3.05, 3.63) is 75.8 Å². The lowest BCUT2D eigenvalue weighted by Crippen LogP contribution is -2.13. The molecule has 1 aromatic heterocycles. The SMILES string of the molecule is COc1ccccc1NS(=O)(=O)c1ccc(N=Nc2c(O)[nH]c3c(C)cc(C)cc23)c([N+](=O)[O-])c1. The van der Waals surface area contributed by atoms with Crippen molar-refractivity contribution < 1.29 is 23.2 Å². The van der Waals surface area contributed by atoms with E-state index in [1.807, 2.05) is 19.9 Å². The maximum atomic E-state index is 12.9. The summed E-state index contributed by atoms with van der Waals surface area (Å²) >= 11 is 0. The fraction of sp³-hybridized carbons (Fsp3) is 0.130. The molecule has 3 aromatic carbocycles. The van der Waals surface area contributed by atoms with Crippen LogP contribution < -0.4 is 9.46 Å². The highest BCUT2D eigenvalue weighted by Crippen LogP contribution is 2.39. The summed E-state index contributed by atoms with van der Waals surface area (Å²) in [6, 6.07) is 13.4. The number of sulfonamides is 1. The number of benzene rings is 3.